The van der Waals surface area contributed by atoms with Crippen LogP contribution in [0.1, 0.15) is 20.8 Å². The summed E-state index contributed by atoms with van der Waals surface area (Å²) in [6, 6.07) is 27.4. The standard InChI is InChI=1S/C24H27NSi/c1-24(2,3)26(19-11-7-6-8-12-19)22-14-10-9-13-20(22)21-17-18(25(4)5)15-16-23(21)26/h6-17H,1-5H3. The van der Waals surface area contributed by atoms with Gasteiger partial charge in [-0.15, -0.1) is 0 Å². The highest BCUT2D eigenvalue weighted by Gasteiger charge is 2.54. The number of rotatable bonds is 2. The van der Waals surface area contributed by atoms with Gasteiger partial charge in [0, 0.05) is 19.8 Å². The van der Waals surface area contributed by atoms with Crippen LogP contribution >= 0.6 is 0 Å². The van der Waals surface area contributed by atoms with Crippen molar-refractivity contribution in [2.24, 2.45) is 0 Å². The molecule has 3 aromatic rings. The summed E-state index contributed by atoms with van der Waals surface area (Å²) in [5.41, 5.74) is 4.12. The first kappa shape index (κ1) is 17.1. The van der Waals surface area contributed by atoms with Crippen LogP contribution in [0.15, 0.2) is 72.8 Å². The highest BCUT2D eigenvalue weighted by Crippen LogP contribution is 2.43. The number of anilines is 1. The van der Waals surface area contributed by atoms with Crippen molar-refractivity contribution in [1.29, 1.82) is 0 Å². The fraction of sp³-hybridized carbons (Fsp3) is 0.250. The van der Waals surface area contributed by atoms with Gasteiger partial charge in [0.1, 0.15) is 0 Å². The molecule has 0 aromatic heterocycles. The molecule has 2 heteroatoms. The lowest BCUT2D eigenvalue weighted by atomic mass is 10.1. The summed E-state index contributed by atoms with van der Waals surface area (Å²) < 4.78 is 0. The number of hydrogen-bond donors (Lipinski definition) is 0. The van der Waals surface area contributed by atoms with Crippen LogP contribution in [0.25, 0.3) is 11.1 Å². The molecular formula is C24H27NSi. The quantitative estimate of drug-likeness (QED) is 0.627. The van der Waals surface area contributed by atoms with Crippen LogP contribution in [0.2, 0.25) is 5.04 Å². The molecule has 0 fully saturated rings. The van der Waals surface area contributed by atoms with Crippen molar-refractivity contribution in [1.82, 2.24) is 0 Å². The third-order valence-electron chi connectivity index (χ3n) is 5.88. The molecule has 0 bridgehead atoms. The predicted molar refractivity (Wildman–Crippen MR) is 117 cm³/mol. The van der Waals surface area contributed by atoms with Gasteiger partial charge < -0.3 is 4.90 Å². The summed E-state index contributed by atoms with van der Waals surface area (Å²) >= 11 is 0. The second-order valence-corrected chi connectivity index (χ2v) is 13.2. The van der Waals surface area contributed by atoms with Crippen molar-refractivity contribution in [2.45, 2.75) is 25.8 Å². The molecule has 0 aliphatic carbocycles. The zero-order chi connectivity index (χ0) is 18.5. The van der Waals surface area contributed by atoms with E-state index in [4.69, 9.17) is 0 Å². The van der Waals surface area contributed by atoms with E-state index >= 15 is 0 Å². The molecule has 1 atom stereocenters. The highest BCUT2D eigenvalue weighted by molar-refractivity contribution is 7.15. The smallest absolute Gasteiger partial charge is 0.155 e. The fourth-order valence-corrected chi connectivity index (χ4v) is 10.8. The number of benzene rings is 3. The fourth-order valence-electron chi connectivity index (χ4n) is 4.79. The van der Waals surface area contributed by atoms with Gasteiger partial charge in [-0.2, -0.15) is 0 Å². The molecule has 1 aliphatic heterocycles. The lowest BCUT2D eigenvalue weighted by Crippen LogP contribution is -2.70. The van der Waals surface area contributed by atoms with E-state index in [-0.39, 0.29) is 5.04 Å². The second kappa shape index (κ2) is 5.85. The Bertz CT molecular complexity index is 953. The molecule has 0 radical (unpaired) electrons. The van der Waals surface area contributed by atoms with E-state index in [1.807, 2.05) is 0 Å². The molecule has 1 nitrogen and oxygen atoms in total. The molecule has 132 valence electrons. The minimum atomic E-state index is -2.13. The van der Waals surface area contributed by atoms with Crippen LogP contribution < -0.4 is 20.5 Å². The first-order valence-corrected chi connectivity index (χ1v) is 11.3. The van der Waals surface area contributed by atoms with Gasteiger partial charge in [0.25, 0.3) is 0 Å². The maximum atomic E-state index is 2.43. The third-order valence-corrected chi connectivity index (χ3v) is 11.8. The molecule has 0 N–H and O–H groups in total. The van der Waals surface area contributed by atoms with Crippen molar-refractivity contribution < 1.29 is 0 Å². The average molecular weight is 358 g/mol. The maximum Gasteiger partial charge on any atom is 0.155 e. The summed E-state index contributed by atoms with van der Waals surface area (Å²) in [5, 5.41) is 4.80. The van der Waals surface area contributed by atoms with E-state index in [0.29, 0.717) is 0 Å². The van der Waals surface area contributed by atoms with Gasteiger partial charge in [0.2, 0.25) is 0 Å². The van der Waals surface area contributed by atoms with Gasteiger partial charge in [0.05, 0.1) is 0 Å². The summed E-state index contributed by atoms with van der Waals surface area (Å²) in [4.78, 5) is 2.20. The van der Waals surface area contributed by atoms with Crippen molar-refractivity contribution in [2.75, 3.05) is 19.0 Å². The Hall–Kier alpha value is -2.32. The van der Waals surface area contributed by atoms with Gasteiger partial charge in [0.15, 0.2) is 8.07 Å². The Morgan fingerprint density at radius 2 is 1.31 bits per heavy atom. The summed E-state index contributed by atoms with van der Waals surface area (Å²) in [6.07, 6.45) is 0. The molecule has 1 aliphatic rings. The minimum absolute atomic E-state index is 0.176. The largest absolute Gasteiger partial charge is 0.378 e. The Labute approximate surface area is 158 Å². The molecule has 26 heavy (non-hydrogen) atoms. The van der Waals surface area contributed by atoms with Gasteiger partial charge in [-0.1, -0.05) is 81.4 Å². The molecule has 0 amide bonds. The molecule has 0 spiro atoms. The van der Waals surface area contributed by atoms with Crippen LogP contribution in [0.4, 0.5) is 5.69 Å². The monoisotopic (exact) mass is 357 g/mol. The van der Waals surface area contributed by atoms with Crippen LogP contribution in [0.3, 0.4) is 0 Å². The normalized spacial score (nSPS) is 18.3. The van der Waals surface area contributed by atoms with Crippen LogP contribution in [-0.4, -0.2) is 22.2 Å². The van der Waals surface area contributed by atoms with Gasteiger partial charge in [-0.3, -0.25) is 0 Å². The van der Waals surface area contributed by atoms with E-state index in [0.717, 1.165) is 0 Å². The van der Waals surface area contributed by atoms with Gasteiger partial charge >= 0.3 is 0 Å². The van der Waals surface area contributed by atoms with Gasteiger partial charge in [-0.05, 0) is 43.9 Å². The van der Waals surface area contributed by atoms with Crippen molar-refractivity contribution in [3.63, 3.8) is 0 Å². The number of fused-ring (bicyclic) bond motifs is 3. The van der Waals surface area contributed by atoms with Gasteiger partial charge in [-0.25, -0.2) is 0 Å². The molecule has 3 aromatic carbocycles. The van der Waals surface area contributed by atoms with E-state index in [9.17, 15) is 0 Å². The first-order valence-electron chi connectivity index (χ1n) is 9.34. The lowest BCUT2D eigenvalue weighted by molar-refractivity contribution is 0.740. The summed E-state index contributed by atoms with van der Waals surface area (Å²) in [6.45, 7) is 7.29. The topological polar surface area (TPSA) is 3.24 Å². The zero-order valence-corrected chi connectivity index (χ0v) is 17.4. The Morgan fingerprint density at radius 1 is 0.692 bits per heavy atom. The molecule has 0 saturated heterocycles. The van der Waals surface area contributed by atoms with E-state index in [1.54, 1.807) is 10.4 Å². The van der Waals surface area contributed by atoms with Crippen molar-refractivity contribution in [3.05, 3.63) is 72.8 Å². The number of nitrogens with zero attached hydrogens (tertiary/aromatic N) is 1. The van der Waals surface area contributed by atoms with Crippen LogP contribution in [0, 0.1) is 0 Å². The molecule has 4 rings (SSSR count). The Balaban J connectivity index is 2.15. The van der Waals surface area contributed by atoms with Crippen molar-refractivity contribution in [3.8, 4) is 11.1 Å². The first-order chi connectivity index (χ1) is 12.4. The average Bonchev–Trinajstić information content (AvgIpc) is 2.93. The lowest BCUT2D eigenvalue weighted by Gasteiger charge is -2.42. The molecule has 0 saturated carbocycles. The second-order valence-electron chi connectivity index (χ2n) is 8.54. The van der Waals surface area contributed by atoms with E-state index < -0.39 is 8.07 Å². The Kier molecular flexibility index (Phi) is 3.85. The molecular weight excluding hydrogens is 330 g/mol. The summed E-state index contributed by atoms with van der Waals surface area (Å²) in [5.74, 6) is 0. The Morgan fingerprint density at radius 3 is 1.96 bits per heavy atom. The molecule has 1 heterocycles. The summed E-state index contributed by atoms with van der Waals surface area (Å²) in [7, 11) is 2.11. The predicted octanol–water partition coefficient (Wildman–Crippen LogP) is 4.00. The SMILES string of the molecule is CN(C)c1ccc2c(c1)-c1ccccc1[Si]2(c1ccccc1)C(C)(C)C. The van der Waals surface area contributed by atoms with Crippen LogP contribution in [-0.2, 0) is 0 Å². The van der Waals surface area contributed by atoms with E-state index in [1.165, 1.54) is 22.0 Å². The third kappa shape index (κ3) is 2.22. The molecule has 1 unspecified atom stereocenters. The van der Waals surface area contributed by atoms with Crippen molar-refractivity contribution >= 4 is 29.3 Å². The number of hydrogen-bond acceptors (Lipinski definition) is 1. The highest BCUT2D eigenvalue weighted by atomic mass is 28.3. The zero-order valence-electron chi connectivity index (χ0n) is 16.4. The van der Waals surface area contributed by atoms with Crippen LogP contribution in [0.5, 0.6) is 0 Å². The minimum Gasteiger partial charge on any atom is -0.378 e. The maximum absolute atomic E-state index is 2.43. The van der Waals surface area contributed by atoms with E-state index in [2.05, 4.69) is 113 Å².